The Morgan fingerprint density at radius 1 is 1.00 bits per heavy atom. The summed E-state index contributed by atoms with van der Waals surface area (Å²) in [6.07, 6.45) is 10.7. The Labute approximate surface area is 175 Å². The third-order valence-electron chi connectivity index (χ3n) is 9.37. The molecule has 4 aliphatic rings. The van der Waals surface area contributed by atoms with E-state index in [1.165, 1.54) is 19.3 Å². The van der Waals surface area contributed by atoms with Crippen LogP contribution in [0.25, 0.3) is 0 Å². The van der Waals surface area contributed by atoms with Gasteiger partial charge in [0.15, 0.2) is 0 Å². The molecule has 0 bridgehead atoms. The largest absolute Gasteiger partial charge is 0.478 e. The molecule has 0 aromatic heterocycles. The molecular formula is C25H39NO3. The first-order valence-electron chi connectivity index (χ1n) is 11.7. The predicted molar refractivity (Wildman–Crippen MR) is 114 cm³/mol. The van der Waals surface area contributed by atoms with Crippen LogP contribution in [0, 0.1) is 40.4 Å². The quantitative estimate of drug-likeness (QED) is 0.670. The molecule has 4 rings (SSSR count). The zero-order chi connectivity index (χ0) is 21.2. The Balaban J connectivity index is 1.56. The van der Waals surface area contributed by atoms with Crippen LogP contribution in [-0.2, 0) is 9.59 Å². The minimum absolute atomic E-state index is 0.121. The normalized spacial score (nSPS) is 44.2. The highest BCUT2D eigenvalue weighted by Crippen LogP contribution is 2.67. The maximum Gasteiger partial charge on any atom is 0.331 e. The van der Waals surface area contributed by atoms with Crippen LogP contribution in [0.5, 0.6) is 0 Å². The Kier molecular flexibility index (Phi) is 4.94. The van der Waals surface area contributed by atoms with E-state index in [-0.39, 0.29) is 28.2 Å². The number of rotatable bonds is 2. The second-order valence-electron chi connectivity index (χ2n) is 12.0. The van der Waals surface area contributed by atoms with Crippen LogP contribution in [0.1, 0.15) is 86.0 Å². The second kappa shape index (κ2) is 6.85. The van der Waals surface area contributed by atoms with E-state index in [1.807, 2.05) is 0 Å². The molecule has 4 nitrogen and oxygen atoms in total. The molecule has 4 heteroatoms. The molecule has 0 radical (unpaired) electrons. The van der Waals surface area contributed by atoms with E-state index in [2.05, 4.69) is 46.0 Å². The van der Waals surface area contributed by atoms with Crippen LogP contribution in [0.2, 0.25) is 0 Å². The van der Waals surface area contributed by atoms with Crippen LogP contribution in [0.15, 0.2) is 11.6 Å². The van der Waals surface area contributed by atoms with Crippen LogP contribution in [-0.4, -0.2) is 22.5 Å². The van der Waals surface area contributed by atoms with Gasteiger partial charge in [-0.25, -0.2) is 4.79 Å². The lowest BCUT2D eigenvalue weighted by molar-refractivity contribution is -0.136. The summed E-state index contributed by atoms with van der Waals surface area (Å²) in [7, 11) is 0. The molecule has 0 spiro atoms. The van der Waals surface area contributed by atoms with E-state index in [4.69, 9.17) is 0 Å². The summed E-state index contributed by atoms with van der Waals surface area (Å²) in [6, 6.07) is 0. The maximum atomic E-state index is 13.1. The van der Waals surface area contributed by atoms with Crippen molar-refractivity contribution in [2.24, 2.45) is 40.4 Å². The number of allylic oxidation sites excluding steroid dienone is 1. The molecule has 7 atom stereocenters. The Morgan fingerprint density at radius 2 is 1.69 bits per heavy atom. The number of carbonyl (C=O) groups is 2. The smallest absolute Gasteiger partial charge is 0.331 e. The topological polar surface area (TPSA) is 66.4 Å². The average Bonchev–Trinajstić information content (AvgIpc) is 2.96. The molecule has 2 N–H and O–H groups in total. The summed E-state index contributed by atoms with van der Waals surface area (Å²) in [4.78, 5) is 24.6. The first-order valence-corrected chi connectivity index (χ1v) is 11.7. The molecule has 0 aromatic rings. The summed E-state index contributed by atoms with van der Waals surface area (Å²) < 4.78 is 0. The number of aliphatic carboxylic acids is 1. The lowest BCUT2D eigenvalue weighted by Crippen LogP contribution is -2.54. The van der Waals surface area contributed by atoms with Gasteiger partial charge in [-0.15, -0.1) is 0 Å². The van der Waals surface area contributed by atoms with Gasteiger partial charge in [-0.05, 0) is 107 Å². The summed E-state index contributed by atoms with van der Waals surface area (Å²) >= 11 is 0. The van der Waals surface area contributed by atoms with Gasteiger partial charge >= 0.3 is 5.97 Å². The van der Waals surface area contributed by atoms with Crippen molar-refractivity contribution < 1.29 is 14.7 Å². The molecular weight excluding hydrogens is 362 g/mol. The zero-order valence-electron chi connectivity index (χ0n) is 18.9. The van der Waals surface area contributed by atoms with E-state index in [0.29, 0.717) is 35.7 Å². The third kappa shape index (κ3) is 3.35. The summed E-state index contributed by atoms with van der Waals surface area (Å²) in [6.45, 7) is 11.0. The molecule has 162 valence electrons. The van der Waals surface area contributed by atoms with Gasteiger partial charge in [-0.2, -0.15) is 0 Å². The molecule has 29 heavy (non-hydrogen) atoms. The number of fused-ring (bicyclic) bond motifs is 5. The molecule has 3 saturated carbocycles. The van der Waals surface area contributed by atoms with Crippen LogP contribution >= 0.6 is 0 Å². The Bertz CT molecular complexity index is 735. The zero-order valence-corrected chi connectivity index (χ0v) is 18.9. The molecule has 4 aliphatic carbocycles. The van der Waals surface area contributed by atoms with Crippen molar-refractivity contribution in [3.05, 3.63) is 11.6 Å². The first kappa shape index (κ1) is 20.9. The van der Waals surface area contributed by atoms with Crippen molar-refractivity contribution in [2.45, 2.75) is 91.5 Å². The first-order chi connectivity index (χ1) is 13.5. The van der Waals surface area contributed by atoms with Crippen molar-refractivity contribution >= 4 is 11.9 Å². The monoisotopic (exact) mass is 401 g/mol. The van der Waals surface area contributed by atoms with Gasteiger partial charge in [0.2, 0.25) is 5.91 Å². The van der Waals surface area contributed by atoms with E-state index in [0.717, 1.165) is 25.7 Å². The summed E-state index contributed by atoms with van der Waals surface area (Å²) in [5.41, 5.74) is 0.807. The van der Waals surface area contributed by atoms with Crippen LogP contribution in [0.4, 0.5) is 0 Å². The van der Waals surface area contributed by atoms with E-state index >= 15 is 0 Å². The number of carboxylic acid groups (broad SMARTS) is 1. The van der Waals surface area contributed by atoms with Crippen molar-refractivity contribution in [1.29, 1.82) is 0 Å². The SMILES string of the molecule is CC(C)(C)NC(=O)C1CC[C@H]2[C@@H]3CCC4C=C(C(=O)O)CC[C@]4(C)[C@@H]3CC[C@]12C. The van der Waals surface area contributed by atoms with Crippen LogP contribution < -0.4 is 5.32 Å². The molecule has 0 saturated heterocycles. The molecule has 0 aliphatic heterocycles. The number of amides is 1. The van der Waals surface area contributed by atoms with Gasteiger partial charge in [-0.3, -0.25) is 4.79 Å². The van der Waals surface area contributed by atoms with E-state index in [9.17, 15) is 14.7 Å². The van der Waals surface area contributed by atoms with Crippen molar-refractivity contribution in [3.63, 3.8) is 0 Å². The molecule has 0 heterocycles. The van der Waals surface area contributed by atoms with Crippen molar-refractivity contribution in [1.82, 2.24) is 5.32 Å². The maximum absolute atomic E-state index is 13.1. The van der Waals surface area contributed by atoms with Crippen LogP contribution in [0.3, 0.4) is 0 Å². The minimum Gasteiger partial charge on any atom is -0.478 e. The van der Waals surface area contributed by atoms with Crippen molar-refractivity contribution in [3.8, 4) is 0 Å². The molecule has 2 unspecified atom stereocenters. The lowest BCUT2D eigenvalue weighted by Gasteiger charge is -2.59. The number of carbonyl (C=O) groups excluding carboxylic acids is 1. The van der Waals surface area contributed by atoms with Gasteiger partial charge in [0, 0.05) is 17.0 Å². The molecule has 0 aromatic carbocycles. The van der Waals surface area contributed by atoms with E-state index < -0.39 is 5.97 Å². The highest BCUT2D eigenvalue weighted by molar-refractivity contribution is 5.86. The minimum atomic E-state index is -0.728. The van der Waals surface area contributed by atoms with Gasteiger partial charge < -0.3 is 10.4 Å². The standard InChI is InChI=1S/C25H39NO3/c1-23(2,3)26-21(27)20-9-8-18-17-7-6-16-14-15(22(28)29)10-12-24(16,4)19(17)11-13-25(18,20)5/h14,16-20H,6-13H2,1-5H3,(H,26,27)(H,28,29)/t16?,17-,18-,19+,20?,24-,25-/m0/s1. The van der Waals surface area contributed by atoms with Gasteiger partial charge in [-0.1, -0.05) is 19.9 Å². The Hall–Kier alpha value is -1.32. The van der Waals surface area contributed by atoms with E-state index in [1.54, 1.807) is 0 Å². The number of nitrogens with one attached hydrogen (secondary N) is 1. The molecule has 3 fully saturated rings. The predicted octanol–water partition coefficient (Wildman–Crippen LogP) is 5.18. The number of carboxylic acids is 1. The average molecular weight is 402 g/mol. The number of hydrogen-bond acceptors (Lipinski definition) is 2. The van der Waals surface area contributed by atoms with Crippen molar-refractivity contribution in [2.75, 3.05) is 0 Å². The number of hydrogen-bond donors (Lipinski definition) is 2. The van der Waals surface area contributed by atoms with Gasteiger partial charge in [0.05, 0.1) is 0 Å². The summed E-state index contributed by atoms with van der Waals surface area (Å²) in [5, 5.41) is 12.7. The third-order valence-corrected chi connectivity index (χ3v) is 9.37. The highest BCUT2D eigenvalue weighted by atomic mass is 16.4. The fraction of sp³-hybridized carbons (Fsp3) is 0.840. The summed E-state index contributed by atoms with van der Waals surface area (Å²) in [5.74, 6) is 2.09. The fourth-order valence-corrected chi connectivity index (χ4v) is 7.93. The lowest BCUT2D eigenvalue weighted by atomic mass is 9.45. The van der Waals surface area contributed by atoms with Gasteiger partial charge in [0.1, 0.15) is 0 Å². The second-order valence-corrected chi connectivity index (χ2v) is 12.0. The molecule has 1 amide bonds. The highest BCUT2D eigenvalue weighted by Gasteiger charge is 2.60. The van der Waals surface area contributed by atoms with Gasteiger partial charge in [0.25, 0.3) is 0 Å². The Morgan fingerprint density at radius 3 is 2.34 bits per heavy atom. The fourth-order valence-electron chi connectivity index (χ4n) is 7.93.